The van der Waals surface area contributed by atoms with Crippen LogP contribution in [0, 0.1) is 5.92 Å². The number of hydrogen-bond donors (Lipinski definition) is 0. The van der Waals surface area contributed by atoms with Gasteiger partial charge >= 0.3 is 0 Å². The van der Waals surface area contributed by atoms with Gasteiger partial charge < -0.3 is 4.90 Å². The molecule has 1 aromatic heterocycles. The molecule has 142 valence electrons. The van der Waals surface area contributed by atoms with Crippen LogP contribution in [0.3, 0.4) is 0 Å². The molecule has 2 heterocycles. The third kappa shape index (κ3) is 3.66. The Morgan fingerprint density at radius 1 is 1.41 bits per heavy atom. The van der Waals surface area contributed by atoms with Crippen LogP contribution in [0.25, 0.3) is 5.69 Å². The number of carbonyl (C=O) groups is 1. The van der Waals surface area contributed by atoms with Crippen LogP contribution >= 0.6 is 11.6 Å². The van der Waals surface area contributed by atoms with Crippen LogP contribution in [0.1, 0.15) is 29.8 Å². The van der Waals surface area contributed by atoms with Crippen molar-refractivity contribution in [2.45, 2.75) is 32.4 Å². The number of nitrogens with zero attached hydrogens (tertiary/aromatic N) is 4. The van der Waals surface area contributed by atoms with E-state index in [1.165, 1.54) is 11.3 Å². The smallest absolute Gasteiger partial charge is 0.225 e. The summed E-state index contributed by atoms with van der Waals surface area (Å²) in [6.07, 6.45) is 4.87. The number of aromatic nitrogens is 2. The van der Waals surface area contributed by atoms with Gasteiger partial charge in [-0.1, -0.05) is 29.8 Å². The minimum absolute atomic E-state index is 0.216. The maximum atomic E-state index is 12.4. The summed E-state index contributed by atoms with van der Waals surface area (Å²) in [4.78, 5) is 16.6. The van der Waals surface area contributed by atoms with Crippen LogP contribution in [0.2, 0.25) is 5.02 Å². The van der Waals surface area contributed by atoms with E-state index in [1.807, 2.05) is 47.0 Å². The van der Waals surface area contributed by atoms with Crippen molar-refractivity contribution in [1.29, 1.82) is 0 Å². The molecule has 1 saturated carbocycles. The molecule has 1 fully saturated rings. The zero-order valence-corrected chi connectivity index (χ0v) is 16.5. The van der Waals surface area contributed by atoms with Crippen molar-refractivity contribution < 1.29 is 4.79 Å². The molecule has 0 N–H and O–H groups in total. The summed E-state index contributed by atoms with van der Waals surface area (Å²) in [5.74, 6) is 0.448. The van der Waals surface area contributed by atoms with Crippen LogP contribution in [0.15, 0.2) is 36.9 Å². The summed E-state index contributed by atoms with van der Waals surface area (Å²) in [6.45, 7) is 7.05. The van der Waals surface area contributed by atoms with Crippen molar-refractivity contribution in [3.8, 4) is 5.69 Å². The van der Waals surface area contributed by atoms with Gasteiger partial charge in [0, 0.05) is 44.6 Å². The average molecular weight is 385 g/mol. The Morgan fingerprint density at radius 3 is 2.89 bits per heavy atom. The summed E-state index contributed by atoms with van der Waals surface area (Å²) < 4.78 is 1.98. The van der Waals surface area contributed by atoms with Gasteiger partial charge in [0.15, 0.2) is 0 Å². The molecule has 0 unspecified atom stereocenters. The molecule has 5 nitrogen and oxygen atoms in total. The van der Waals surface area contributed by atoms with Crippen molar-refractivity contribution in [3.05, 3.63) is 58.9 Å². The monoisotopic (exact) mass is 384 g/mol. The molecular weight excluding hydrogens is 360 g/mol. The summed E-state index contributed by atoms with van der Waals surface area (Å²) >= 11 is 6.45. The normalized spacial score (nSPS) is 16.8. The number of benzene rings is 1. The van der Waals surface area contributed by atoms with Gasteiger partial charge in [0.25, 0.3) is 0 Å². The van der Waals surface area contributed by atoms with E-state index in [9.17, 15) is 4.79 Å². The van der Waals surface area contributed by atoms with E-state index >= 15 is 0 Å². The lowest BCUT2D eigenvalue weighted by atomic mass is 10.0. The minimum Gasteiger partial charge on any atom is -0.340 e. The Kier molecular flexibility index (Phi) is 5.06. The zero-order chi connectivity index (χ0) is 19.0. The average Bonchev–Trinajstić information content (AvgIpc) is 3.46. The van der Waals surface area contributed by atoms with Crippen LogP contribution in [-0.2, 0) is 24.3 Å². The first-order valence-electron chi connectivity index (χ1n) is 9.51. The summed E-state index contributed by atoms with van der Waals surface area (Å²) in [5, 5.41) is 5.59. The molecule has 4 rings (SSSR count). The zero-order valence-electron chi connectivity index (χ0n) is 15.7. The van der Waals surface area contributed by atoms with E-state index in [2.05, 4.69) is 11.5 Å². The lowest BCUT2D eigenvalue weighted by molar-refractivity contribution is -0.131. The lowest BCUT2D eigenvalue weighted by Crippen LogP contribution is -2.32. The Bertz CT molecular complexity index is 871. The number of halogens is 1. The highest BCUT2D eigenvalue weighted by Gasteiger charge is 2.33. The van der Waals surface area contributed by atoms with E-state index < -0.39 is 0 Å². The van der Waals surface area contributed by atoms with Gasteiger partial charge in [-0.2, -0.15) is 5.10 Å². The van der Waals surface area contributed by atoms with Crippen molar-refractivity contribution in [2.24, 2.45) is 5.92 Å². The Balaban J connectivity index is 1.70. The highest BCUT2D eigenvalue weighted by Crippen LogP contribution is 2.32. The third-order valence-corrected chi connectivity index (χ3v) is 5.70. The number of para-hydroxylation sites is 1. The molecule has 2 aromatic rings. The largest absolute Gasteiger partial charge is 0.340 e. The van der Waals surface area contributed by atoms with E-state index in [1.54, 1.807) is 0 Å². The molecule has 1 aliphatic heterocycles. The van der Waals surface area contributed by atoms with Gasteiger partial charge in [-0.3, -0.25) is 9.69 Å². The highest BCUT2D eigenvalue weighted by atomic mass is 35.5. The SMILES string of the molecule is C=CCN1CCc2c(c(CN(C)C(=O)C3CC3)nn2-c2ccccc2Cl)C1. The van der Waals surface area contributed by atoms with E-state index in [4.69, 9.17) is 16.7 Å². The van der Waals surface area contributed by atoms with Gasteiger partial charge in [-0.25, -0.2) is 4.68 Å². The van der Waals surface area contributed by atoms with Crippen molar-refractivity contribution in [2.75, 3.05) is 20.1 Å². The third-order valence-electron chi connectivity index (χ3n) is 5.38. The minimum atomic E-state index is 0.216. The number of rotatable bonds is 6. The van der Waals surface area contributed by atoms with Crippen LogP contribution < -0.4 is 0 Å². The van der Waals surface area contributed by atoms with Gasteiger partial charge in [-0.05, 0) is 25.0 Å². The first kappa shape index (κ1) is 18.3. The predicted octanol–water partition coefficient (Wildman–Crippen LogP) is 3.44. The van der Waals surface area contributed by atoms with Gasteiger partial charge in [0.1, 0.15) is 0 Å². The number of fused-ring (bicyclic) bond motifs is 1. The van der Waals surface area contributed by atoms with Gasteiger partial charge in [-0.15, -0.1) is 6.58 Å². The molecule has 1 aromatic carbocycles. The fourth-order valence-electron chi connectivity index (χ4n) is 3.77. The molecule has 0 bridgehead atoms. The molecule has 1 aliphatic carbocycles. The number of hydrogen-bond acceptors (Lipinski definition) is 3. The molecular formula is C21H25ClN4O. The number of amides is 1. The fraction of sp³-hybridized carbons (Fsp3) is 0.429. The topological polar surface area (TPSA) is 41.4 Å². The van der Waals surface area contributed by atoms with E-state index in [0.717, 1.165) is 50.3 Å². The van der Waals surface area contributed by atoms with Crippen molar-refractivity contribution in [1.82, 2.24) is 19.6 Å². The van der Waals surface area contributed by atoms with Crippen LogP contribution in [-0.4, -0.2) is 45.6 Å². The van der Waals surface area contributed by atoms with Gasteiger partial charge in [0.2, 0.25) is 5.91 Å². The quantitative estimate of drug-likeness (QED) is 0.716. The molecule has 0 spiro atoms. The fourth-order valence-corrected chi connectivity index (χ4v) is 3.99. The first-order valence-corrected chi connectivity index (χ1v) is 9.89. The first-order chi connectivity index (χ1) is 13.1. The molecule has 0 atom stereocenters. The van der Waals surface area contributed by atoms with E-state index in [-0.39, 0.29) is 11.8 Å². The summed E-state index contributed by atoms with van der Waals surface area (Å²) in [7, 11) is 1.88. The van der Waals surface area contributed by atoms with Crippen LogP contribution in [0.4, 0.5) is 0 Å². The molecule has 27 heavy (non-hydrogen) atoms. The van der Waals surface area contributed by atoms with Crippen LogP contribution in [0.5, 0.6) is 0 Å². The van der Waals surface area contributed by atoms with Crippen molar-refractivity contribution in [3.63, 3.8) is 0 Å². The maximum Gasteiger partial charge on any atom is 0.225 e. The second-order valence-electron chi connectivity index (χ2n) is 7.48. The molecule has 0 saturated heterocycles. The number of carbonyl (C=O) groups excluding carboxylic acids is 1. The lowest BCUT2D eigenvalue weighted by Gasteiger charge is -2.27. The van der Waals surface area contributed by atoms with Crippen molar-refractivity contribution >= 4 is 17.5 Å². The van der Waals surface area contributed by atoms with Gasteiger partial charge in [0.05, 0.1) is 28.6 Å². The summed E-state index contributed by atoms with van der Waals surface area (Å²) in [5.41, 5.74) is 4.29. The Labute approximate surface area is 165 Å². The molecule has 1 amide bonds. The predicted molar refractivity (Wildman–Crippen MR) is 107 cm³/mol. The highest BCUT2D eigenvalue weighted by molar-refractivity contribution is 6.32. The molecule has 0 radical (unpaired) electrons. The second-order valence-corrected chi connectivity index (χ2v) is 7.88. The second kappa shape index (κ2) is 7.49. The Morgan fingerprint density at radius 2 is 2.19 bits per heavy atom. The Hall–Kier alpha value is -2.11. The molecule has 2 aliphatic rings. The van der Waals surface area contributed by atoms with E-state index in [0.29, 0.717) is 11.6 Å². The maximum absolute atomic E-state index is 12.4. The molecule has 6 heteroatoms. The summed E-state index contributed by atoms with van der Waals surface area (Å²) in [6, 6.07) is 7.79. The standard InChI is InChI=1S/C21H25ClN4O/c1-3-11-25-12-10-19-16(13-25)18(14-24(2)21(27)15-8-9-15)23-26(19)20-7-5-4-6-17(20)22/h3-7,15H,1,8-14H2,2H3.